The van der Waals surface area contributed by atoms with Gasteiger partial charge >= 0.3 is 0 Å². The zero-order valence-corrected chi connectivity index (χ0v) is 12.1. The van der Waals surface area contributed by atoms with Crippen LogP contribution in [0.25, 0.3) is 0 Å². The third-order valence-corrected chi connectivity index (χ3v) is 3.05. The summed E-state index contributed by atoms with van der Waals surface area (Å²) in [5, 5.41) is 12.7. The second-order valence-corrected chi connectivity index (χ2v) is 4.53. The first-order valence-corrected chi connectivity index (χ1v) is 6.57. The van der Waals surface area contributed by atoms with Crippen molar-refractivity contribution in [1.82, 2.24) is 10.1 Å². The second-order valence-electron chi connectivity index (χ2n) is 4.53. The Bertz CT molecular complexity index is 585. The smallest absolute Gasteiger partial charge is 0.243 e. The van der Waals surface area contributed by atoms with E-state index in [9.17, 15) is 0 Å². The average molecular weight is 293 g/mol. The van der Waals surface area contributed by atoms with Crippen LogP contribution in [0.5, 0.6) is 11.5 Å². The number of benzene rings is 1. The van der Waals surface area contributed by atoms with Crippen LogP contribution in [0.2, 0.25) is 0 Å². The van der Waals surface area contributed by atoms with Gasteiger partial charge in [0, 0.05) is 13.0 Å². The summed E-state index contributed by atoms with van der Waals surface area (Å²) in [7, 11) is 3.17. The Labute approximate surface area is 122 Å². The molecule has 1 atom stereocenters. The molecule has 2 aromatic rings. The molecule has 0 fully saturated rings. The number of methoxy groups -OCH3 is 2. The van der Waals surface area contributed by atoms with E-state index >= 15 is 0 Å². The number of aliphatic hydroxyl groups is 1. The molecule has 0 saturated heterocycles. The number of aromatic nitrogens is 2. The Balaban J connectivity index is 2.11. The summed E-state index contributed by atoms with van der Waals surface area (Å²) in [6, 6.07) is 5.15. The van der Waals surface area contributed by atoms with Gasteiger partial charge in [0.25, 0.3) is 0 Å². The van der Waals surface area contributed by atoms with Gasteiger partial charge in [-0.05, 0) is 24.1 Å². The van der Waals surface area contributed by atoms with Crippen LogP contribution >= 0.6 is 0 Å². The van der Waals surface area contributed by atoms with Gasteiger partial charge in [0.1, 0.15) is 0 Å². The third-order valence-electron chi connectivity index (χ3n) is 3.05. The lowest BCUT2D eigenvalue weighted by Gasteiger charge is -2.08. The standard InChI is InChI=1S/C14H19N3O4/c1-19-11-4-3-9(7-12(11)20-2)8-13-16-14(21-17-13)10(15)5-6-18/h3-4,7,10,18H,5-6,8,15H2,1-2H3. The van der Waals surface area contributed by atoms with Crippen molar-refractivity contribution in [2.24, 2.45) is 5.73 Å². The molecule has 0 saturated carbocycles. The van der Waals surface area contributed by atoms with Gasteiger partial charge in [0.05, 0.1) is 20.3 Å². The zero-order chi connectivity index (χ0) is 15.2. The molecule has 0 aliphatic carbocycles. The first-order valence-electron chi connectivity index (χ1n) is 6.57. The minimum Gasteiger partial charge on any atom is -0.493 e. The van der Waals surface area contributed by atoms with Crippen LogP contribution in [0.1, 0.15) is 29.7 Å². The first kappa shape index (κ1) is 15.3. The molecule has 3 N–H and O–H groups in total. The van der Waals surface area contributed by atoms with E-state index in [4.69, 9.17) is 24.8 Å². The summed E-state index contributed by atoms with van der Waals surface area (Å²) in [6.07, 6.45) is 0.883. The van der Waals surface area contributed by atoms with Gasteiger partial charge in [-0.15, -0.1) is 0 Å². The number of nitrogens with zero attached hydrogens (tertiary/aromatic N) is 2. The van der Waals surface area contributed by atoms with Crippen LogP contribution in [0.4, 0.5) is 0 Å². The summed E-state index contributed by atoms with van der Waals surface area (Å²) < 4.78 is 15.5. The fourth-order valence-electron chi connectivity index (χ4n) is 1.93. The van der Waals surface area contributed by atoms with E-state index in [0.717, 1.165) is 5.56 Å². The topological polar surface area (TPSA) is 104 Å². The highest BCUT2D eigenvalue weighted by molar-refractivity contribution is 5.43. The molecule has 0 bridgehead atoms. The molecule has 1 unspecified atom stereocenters. The summed E-state index contributed by atoms with van der Waals surface area (Å²) >= 11 is 0. The molecule has 0 radical (unpaired) electrons. The maximum Gasteiger partial charge on any atom is 0.243 e. The number of hydrogen-bond acceptors (Lipinski definition) is 7. The third kappa shape index (κ3) is 3.71. The van der Waals surface area contributed by atoms with Gasteiger partial charge in [-0.25, -0.2) is 0 Å². The van der Waals surface area contributed by atoms with E-state index in [0.29, 0.717) is 36.1 Å². The molecule has 0 amide bonds. The lowest BCUT2D eigenvalue weighted by molar-refractivity contribution is 0.259. The number of hydrogen-bond donors (Lipinski definition) is 2. The van der Waals surface area contributed by atoms with Crippen molar-refractivity contribution in [3.63, 3.8) is 0 Å². The van der Waals surface area contributed by atoms with E-state index in [1.165, 1.54) is 0 Å². The fourth-order valence-corrected chi connectivity index (χ4v) is 1.93. The summed E-state index contributed by atoms with van der Waals surface area (Å²) in [4.78, 5) is 4.24. The van der Waals surface area contributed by atoms with Crippen LogP contribution in [0, 0.1) is 0 Å². The molecule has 1 aromatic heterocycles. The lowest BCUT2D eigenvalue weighted by Crippen LogP contribution is -2.12. The summed E-state index contributed by atoms with van der Waals surface area (Å²) in [5.74, 6) is 2.18. The second kappa shape index (κ2) is 7.05. The maximum absolute atomic E-state index is 8.85. The lowest BCUT2D eigenvalue weighted by atomic mass is 10.1. The van der Waals surface area contributed by atoms with Gasteiger partial charge in [-0.2, -0.15) is 4.98 Å². The van der Waals surface area contributed by atoms with E-state index in [-0.39, 0.29) is 6.61 Å². The van der Waals surface area contributed by atoms with Gasteiger partial charge < -0.3 is 24.8 Å². The van der Waals surface area contributed by atoms with Gasteiger partial charge in [0.2, 0.25) is 5.89 Å². The Morgan fingerprint density at radius 1 is 1.29 bits per heavy atom. The highest BCUT2D eigenvalue weighted by Gasteiger charge is 2.15. The van der Waals surface area contributed by atoms with Crippen molar-refractivity contribution in [2.75, 3.05) is 20.8 Å². The minimum atomic E-state index is -0.443. The highest BCUT2D eigenvalue weighted by atomic mass is 16.5. The van der Waals surface area contributed by atoms with Gasteiger partial charge in [-0.3, -0.25) is 0 Å². The predicted octanol–water partition coefficient (Wildman–Crippen LogP) is 1.06. The van der Waals surface area contributed by atoms with Crippen molar-refractivity contribution in [3.8, 4) is 11.5 Å². The Morgan fingerprint density at radius 2 is 2.05 bits per heavy atom. The van der Waals surface area contributed by atoms with Crippen LogP contribution in [0.15, 0.2) is 22.7 Å². The number of ether oxygens (including phenoxy) is 2. The van der Waals surface area contributed by atoms with Crippen molar-refractivity contribution in [3.05, 3.63) is 35.5 Å². The molecular formula is C14H19N3O4. The molecule has 21 heavy (non-hydrogen) atoms. The Morgan fingerprint density at radius 3 is 2.71 bits per heavy atom. The van der Waals surface area contributed by atoms with Crippen LogP contribution in [0.3, 0.4) is 0 Å². The van der Waals surface area contributed by atoms with E-state index in [1.54, 1.807) is 14.2 Å². The molecule has 0 aliphatic rings. The maximum atomic E-state index is 8.85. The fraction of sp³-hybridized carbons (Fsp3) is 0.429. The average Bonchev–Trinajstić information content (AvgIpc) is 2.96. The van der Waals surface area contributed by atoms with E-state index < -0.39 is 6.04 Å². The predicted molar refractivity (Wildman–Crippen MR) is 75.3 cm³/mol. The van der Waals surface area contributed by atoms with Gasteiger partial charge in [-0.1, -0.05) is 11.2 Å². The molecule has 2 rings (SSSR count). The summed E-state index contributed by atoms with van der Waals surface area (Å²) in [6.45, 7) is -0.0193. The summed E-state index contributed by atoms with van der Waals surface area (Å²) in [5.41, 5.74) is 6.77. The molecule has 0 spiro atoms. The van der Waals surface area contributed by atoms with Crippen molar-refractivity contribution in [2.45, 2.75) is 18.9 Å². The van der Waals surface area contributed by atoms with Gasteiger partial charge in [0.15, 0.2) is 17.3 Å². The molecule has 114 valence electrons. The van der Waals surface area contributed by atoms with Crippen LogP contribution < -0.4 is 15.2 Å². The monoisotopic (exact) mass is 293 g/mol. The molecule has 7 nitrogen and oxygen atoms in total. The quantitative estimate of drug-likeness (QED) is 0.786. The van der Waals surface area contributed by atoms with Crippen LogP contribution in [-0.2, 0) is 6.42 Å². The normalized spacial score (nSPS) is 12.2. The molecule has 1 aromatic carbocycles. The number of rotatable bonds is 7. The van der Waals surface area contributed by atoms with Crippen molar-refractivity contribution in [1.29, 1.82) is 0 Å². The molecule has 0 aliphatic heterocycles. The van der Waals surface area contributed by atoms with E-state index in [2.05, 4.69) is 10.1 Å². The SMILES string of the molecule is COc1ccc(Cc2noc(C(N)CCO)n2)cc1OC. The molecular weight excluding hydrogens is 274 g/mol. The van der Waals surface area contributed by atoms with Crippen molar-refractivity contribution < 1.29 is 19.1 Å². The highest BCUT2D eigenvalue weighted by Crippen LogP contribution is 2.28. The molecule has 7 heteroatoms. The minimum absolute atomic E-state index is 0.0193. The zero-order valence-electron chi connectivity index (χ0n) is 12.1. The largest absolute Gasteiger partial charge is 0.493 e. The number of nitrogens with two attached hydrogens (primary N) is 1. The van der Waals surface area contributed by atoms with Crippen molar-refractivity contribution >= 4 is 0 Å². The van der Waals surface area contributed by atoms with Crippen LogP contribution in [-0.4, -0.2) is 36.1 Å². The van der Waals surface area contributed by atoms with E-state index in [1.807, 2.05) is 18.2 Å². The number of aliphatic hydroxyl groups excluding tert-OH is 1. The molecule has 1 heterocycles. The first-order chi connectivity index (χ1) is 10.2. The Hall–Kier alpha value is -2.12. The Kier molecular flexibility index (Phi) is 5.13.